The highest BCUT2D eigenvalue weighted by atomic mass is 19.4. The van der Waals surface area contributed by atoms with Gasteiger partial charge in [0, 0.05) is 18.2 Å². The lowest BCUT2D eigenvalue weighted by Crippen LogP contribution is -2.49. The van der Waals surface area contributed by atoms with E-state index in [1.165, 1.54) is 4.90 Å². The van der Waals surface area contributed by atoms with E-state index in [0.29, 0.717) is 41.2 Å². The summed E-state index contributed by atoms with van der Waals surface area (Å²) in [4.78, 5) is 52.6. The number of carboxylic acid groups (broad SMARTS) is 2. The molecule has 0 bridgehead atoms. The van der Waals surface area contributed by atoms with Crippen LogP contribution in [0.1, 0.15) is 80.5 Å². The van der Waals surface area contributed by atoms with Crippen LogP contribution < -0.4 is 5.32 Å². The van der Waals surface area contributed by atoms with Crippen molar-refractivity contribution in [2.75, 3.05) is 6.54 Å². The van der Waals surface area contributed by atoms with E-state index in [2.05, 4.69) is 15.5 Å². The molecule has 11 nitrogen and oxygen atoms in total. The van der Waals surface area contributed by atoms with E-state index < -0.39 is 36.1 Å². The fourth-order valence-corrected chi connectivity index (χ4v) is 4.28. The van der Waals surface area contributed by atoms with Crippen LogP contribution in [0.4, 0.5) is 13.2 Å². The van der Waals surface area contributed by atoms with Gasteiger partial charge in [-0.25, -0.2) is 14.6 Å². The van der Waals surface area contributed by atoms with E-state index in [1.807, 2.05) is 13.8 Å². The minimum atomic E-state index is -5.08. The summed E-state index contributed by atoms with van der Waals surface area (Å²) in [6.07, 6.45) is -2.68. The molecule has 2 amide bonds. The molecule has 1 saturated heterocycles. The number of carboxylic acids is 2. The molecule has 4 rings (SSSR count). The Morgan fingerprint density at radius 3 is 2.21 bits per heavy atom. The van der Waals surface area contributed by atoms with Crippen LogP contribution in [0.3, 0.4) is 0 Å². The Bertz CT molecular complexity index is 1240. The Labute approximate surface area is 215 Å². The summed E-state index contributed by atoms with van der Waals surface area (Å²) in [6, 6.07) is 0.112. The van der Waals surface area contributed by atoms with E-state index in [9.17, 15) is 32.7 Å². The zero-order valence-electron chi connectivity index (χ0n) is 21.2. The van der Waals surface area contributed by atoms with E-state index in [4.69, 9.17) is 14.4 Å². The number of pyridine rings is 1. The maximum absolute atomic E-state index is 13.3. The zero-order valence-corrected chi connectivity index (χ0v) is 21.2. The minimum Gasteiger partial charge on any atom is -0.480 e. The Morgan fingerprint density at radius 2 is 1.74 bits per heavy atom. The molecule has 3 N–H and O–H groups in total. The molecule has 3 heterocycles. The van der Waals surface area contributed by atoms with Crippen LogP contribution in [0, 0.1) is 5.92 Å². The topological polar surface area (TPSA) is 163 Å². The van der Waals surface area contributed by atoms with Crippen molar-refractivity contribution >= 4 is 34.9 Å². The molecule has 1 saturated carbocycles. The van der Waals surface area contributed by atoms with Gasteiger partial charge in [-0.3, -0.25) is 9.59 Å². The lowest BCUT2D eigenvalue weighted by atomic mass is 10.0. The highest BCUT2D eigenvalue weighted by Gasteiger charge is 2.41. The lowest BCUT2D eigenvalue weighted by Gasteiger charge is -2.27. The third-order valence-corrected chi connectivity index (χ3v) is 6.29. The molecule has 0 radical (unpaired) electrons. The van der Waals surface area contributed by atoms with Gasteiger partial charge < -0.3 is 25.0 Å². The predicted octanol–water partition coefficient (Wildman–Crippen LogP) is 3.30. The number of aliphatic carboxylic acids is 2. The summed E-state index contributed by atoms with van der Waals surface area (Å²) >= 11 is 0. The van der Waals surface area contributed by atoms with E-state index in [-0.39, 0.29) is 17.7 Å². The maximum atomic E-state index is 13.3. The van der Waals surface area contributed by atoms with Crippen LogP contribution in [0.5, 0.6) is 0 Å². The lowest BCUT2D eigenvalue weighted by molar-refractivity contribution is -0.192. The van der Waals surface area contributed by atoms with Crippen molar-refractivity contribution in [3.05, 3.63) is 23.0 Å². The van der Waals surface area contributed by atoms with E-state index >= 15 is 0 Å². The molecule has 14 heteroatoms. The van der Waals surface area contributed by atoms with Gasteiger partial charge in [0.2, 0.25) is 5.91 Å². The van der Waals surface area contributed by atoms with Gasteiger partial charge in [-0.15, -0.1) is 0 Å². The number of nitrogens with zero attached hydrogens (tertiary/aromatic N) is 3. The maximum Gasteiger partial charge on any atom is 0.490 e. The van der Waals surface area contributed by atoms with Crippen molar-refractivity contribution in [3.63, 3.8) is 0 Å². The molecule has 2 fully saturated rings. The second kappa shape index (κ2) is 11.0. The van der Waals surface area contributed by atoms with Crippen molar-refractivity contribution in [2.24, 2.45) is 5.92 Å². The smallest absolute Gasteiger partial charge is 0.480 e. The standard InChI is InChI=1S/C22H28N4O5.C2HF3O2/c1-10(2)17-16-13(9-15(12-5-6-12)24-20(16)31-25-17)19(27)23-14-7-8-26(21(14)28)18(11(3)4)22(29)30;3-2(4,5)1(6)7/h9-12,14,18H,5-8H2,1-4H3,(H,23,27)(H,29,30);(H,6,7). The Hall–Kier alpha value is -3.71. The van der Waals surface area contributed by atoms with Crippen LogP contribution in [0.2, 0.25) is 0 Å². The zero-order chi connectivity index (χ0) is 28.5. The van der Waals surface area contributed by atoms with Crippen molar-refractivity contribution < 1.29 is 47.1 Å². The first-order valence-corrected chi connectivity index (χ1v) is 12.1. The average Bonchev–Trinajstić information content (AvgIpc) is 3.48. The molecule has 2 aromatic heterocycles. The fourth-order valence-electron chi connectivity index (χ4n) is 4.28. The first kappa shape index (κ1) is 28.9. The average molecular weight is 543 g/mol. The number of hydrogen-bond donors (Lipinski definition) is 3. The third-order valence-electron chi connectivity index (χ3n) is 6.29. The van der Waals surface area contributed by atoms with Gasteiger partial charge in [-0.05, 0) is 37.2 Å². The number of halogens is 3. The van der Waals surface area contributed by atoms with Crippen LogP contribution in [-0.4, -0.2) is 73.8 Å². The highest BCUT2D eigenvalue weighted by molar-refractivity contribution is 6.07. The molecule has 208 valence electrons. The summed E-state index contributed by atoms with van der Waals surface area (Å²) in [5.74, 6) is -4.43. The van der Waals surface area contributed by atoms with Crippen molar-refractivity contribution in [2.45, 2.75) is 77.1 Å². The molecule has 2 unspecified atom stereocenters. The minimum absolute atomic E-state index is 0.0346. The van der Waals surface area contributed by atoms with E-state index in [0.717, 1.165) is 18.5 Å². The second-order valence-corrected chi connectivity index (χ2v) is 9.95. The van der Waals surface area contributed by atoms with Gasteiger partial charge >= 0.3 is 18.1 Å². The molecule has 0 spiro atoms. The quantitative estimate of drug-likeness (QED) is 0.476. The number of amides is 2. The van der Waals surface area contributed by atoms with Gasteiger partial charge in [-0.1, -0.05) is 32.9 Å². The van der Waals surface area contributed by atoms with Crippen molar-refractivity contribution in [1.29, 1.82) is 0 Å². The number of fused-ring (bicyclic) bond motifs is 1. The molecule has 2 aliphatic rings. The number of nitrogens with one attached hydrogen (secondary N) is 1. The van der Waals surface area contributed by atoms with Gasteiger partial charge in [0.05, 0.1) is 16.6 Å². The Balaban J connectivity index is 0.000000505. The molecule has 1 aliphatic heterocycles. The molecule has 38 heavy (non-hydrogen) atoms. The fraction of sp³-hybridized carbons (Fsp3) is 0.583. The highest BCUT2D eigenvalue weighted by Crippen LogP contribution is 2.41. The monoisotopic (exact) mass is 542 g/mol. The summed E-state index contributed by atoms with van der Waals surface area (Å²) in [5, 5.41) is 24.2. The number of alkyl halides is 3. The summed E-state index contributed by atoms with van der Waals surface area (Å²) in [5.41, 5.74) is 2.19. The second-order valence-electron chi connectivity index (χ2n) is 9.95. The normalized spacial score (nSPS) is 18.5. The molecule has 2 atom stereocenters. The summed E-state index contributed by atoms with van der Waals surface area (Å²) in [6.45, 7) is 7.76. The van der Waals surface area contributed by atoms with Gasteiger partial charge in [0.15, 0.2) is 0 Å². The SMILES string of the molecule is CC(C)c1noc2nc(C3CC3)cc(C(=O)NC3CCN(C(C(=O)O)C(C)C)C3=O)c12.O=C(O)C(F)(F)F. The molecule has 2 aromatic rings. The summed E-state index contributed by atoms with van der Waals surface area (Å²) in [7, 11) is 0. The number of carbonyl (C=O) groups excluding carboxylic acids is 2. The van der Waals surface area contributed by atoms with Crippen molar-refractivity contribution in [1.82, 2.24) is 20.4 Å². The third kappa shape index (κ3) is 6.22. The summed E-state index contributed by atoms with van der Waals surface area (Å²) < 4.78 is 37.2. The van der Waals surface area contributed by atoms with Gasteiger partial charge in [0.25, 0.3) is 11.6 Å². The van der Waals surface area contributed by atoms with Crippen LogP contribution >= 0.6 is 0 Å². The number of rotatable bonds is 7. The molecular weight excluding hydrogens is 513 g/mol. The van der Waals surface area contributed by atoms with Gasteiger partial charge in [0.1, 0.15) is 12.1 Å². The molecular formula is C24H29F3N4O7. The van der Waals surface area contributed by atoms with E-state index in [1.54, 1.807) is 19.9 Å². The number of likely N-dealkylation sites (tertiary alicyclic amines) is 1. The van der Waals surface area contributed by atoms with Crippen LogP contribution in [0.25, 0.3) is 11.1 Å². The molecule has 1 aliphatic carbocycles. The van der Waals surface area contributed by atoms with Crippen LogP contribution in [0.15, 0.2) is 10.6 Å². The first-order valence-electron chi connectivity index (χ1n) is 12.1. The Kier molecular flexibility index (Phi) is 8.32. The predicted molar refractivity (Wildman–Crippen MR) is 125 cm³/mol. The number of carbonyl (C=O) groups is 4. The Morgan fingerprint density at radius 1 is 1.13 bits per heavy atom. The number of aromatic nitrogens is 2. The largest absolute Gasteiger partial charge is 0.490 e. The van der Waals surface area contributed by atoms with Gasteiger partial charge in [-0.2, -0.15) is 13.2 Å². The van der Waals surface area contributed by atoms with Crippen LogP contribution in [-0.2, 0) is 14.4 Å². The molecule has 0 aromatic carbocycles. The first-order chi connectivity index (χ1) is 17.6. The number of hydrogen-bond acceptors (Lipinski definition) is 7. The van der Waals surface area contributed by atoms with Crippen molar-refractivity contribution in [3.8, 4) is 0 Å².